The molecule has 0 aliphatic rings. The molecular weight excluding hydrogens is 380 g/mol. The number of aromatic nitrogens is 2. The van der Waals surface area contributed by atoms with E-state index in [4.69, 9.17) is 9.72 Å². The topological polar surface area (TPSA) is 27.1 Å². The number of nitrogens with zero attached hydrogens (tertiary/aromatic N) is 2. The number of rotatable bonds is 3. The molecule has 0 aliphatic carbocycles. The first-order valence-corrected chi connectivity index (χ1v) is 10.6. The van der Waals surface area contributed by atoms with Gasteiger partial charge in [0.15, 0.2) is 0 Å². The normalized spacial score (nSPS) is 11.9. The molecule has 5 rings (SSSR count). The molecule has 0 spiro atoms. The average Bonchev–Trinajstić information content (AvgIpc) is 3.07. The van der Waals surface area contributed by atoms with Gasteiger partial charge in [0.1, 0.15) is 17.3 Å². The number of para-hydroxylation sites is 1. The molecule has 0 N–H and O–H groups in total. The van der Waals surface area contributed by atoms with E-state index in [1.54, 1.807) is 0 Å². The Balaban J connectivity index is 1.72. The van der Waals surface area contributed by atoms with Crippen LogP contribution < -0.4 is 4.74 Å². The summed E-state index contributed by atoms with van der Waals surface area (Å²) in [5.41, 5.74) is 4.72. The lowest BCUT2D eigenvalue weighted by molar-refractivity contribution is 0.483. The lowest BCUT2D eigenvalue weighted by atomic mass is 9.88. The van der Waals surface area contributed by atoms with E-state index < -0.39 is 0 Å². The minimum Gasteiger partial charge on any atom is -0.457 e. The molecule has 3 heteroatoms. The zero-order valence-electron chi connectivity index (χ0n) is 18.4. The Labute approximate surface area is 182 Å². The highest BCUT2D eigenvalue weighted by Gasteiger charge is 2.18. The Kier molecular flexibility index (Phi) is 4.55. The highest BCUT2D eigenvalue weighted by Crippen LogP contribution is 2.35. The summed E-state index contributed by atoms with van der Waals surface area (Å²) in [6, 6.07) is 27.2. The van der Waals surface area contributed by atoms with Crippen LogP contribution in [0.4, 0.5) is 0 Å². The van der Waals surface area contributed by atoms with Crippen molar-refractivity contribution in [2.75, 3.05) is 0 Å². The predicted molar refractivity (Wildman–Crippen MR) is 129 cm³/mol. The van der Waals surface area contributed by atoms with Crippen molar-refractivity contribution in [3.05, 3.63) is 96.2 Å². The monoisotopic (exact) mass is 406 g/mol. The van der Waals surface area contributed by atoms with Crippen molar-refractivity contribution in [2.24, 2.45) is 0 Å². The molecule has 0 bridgehead atoms. The molecule has 5 aromatic rings. The first kappa shape index (κ1) is 19.4. The summed E-state index contributed by atoms with van der Waals surface area (Å²) >= 11 is 0. The van der Waals surface area contributed by atoms with Gasteiger partial charge in [-0.2, -0.15) is 0 Å². The number of aryl methyl sites for hydroxylation is 1. The molecule has 31 heavy (non-hydrogen) atoms. The minimum atomic E-state index is 0.0515. The Morgan fingerprint density at radius 1 is 0.742 bits per heavy atom. The Morgan fingerprint density at radius 3 is 2.32 bits per heavy atom. The SMILES string of the molecule is Cc1cccc(Oc2ccc3c4ccccc4n(-c4cc(C(C)(C)C)ccn4)c3c2)c1. The van der Waals surface area contributed by atoms with Crippen LogP contribution in [-0.2, 0) is 5.41 Å². The molecule has 154 valence electrons. The Bertz CT molecular complexity index is 1410. The van der Waals surface area contributed by atoms with Gasteiger partial charge in [-0.05, 0) is 65.9 Å². The van der Waals surface area contributed by atoms with Crippen LogP contribution in [0.5, 0.6) is 11.5 Å². The van der Waals surface area contributed by atoms with Crippen LogP contribution >= 0.6 is 0 Å². The van der Waals surface area contributed by atoms with Gasteiger partial charge in [-0.15, -0.1) is 0 Å². The van der Waals surface area contributed by atoms with Crippen LogP contribution in [0.1, 0.15) is 31.9 Å². The number of hydrogen-bond donors (Lipinski definition) is 0. The lowest BCUT2D eigenvalue weighted by Gasteiger charge is -2.20. The fraction of sp³-hybridized carbons (Fsp3) is 0.179. The number of ether oxygens (including phenoxy) is 1. The van der Waals surface area contributed by atoms with E-state index in [0.29, 0.717) is 0 Å². The Morgan fingerprint density at radius 2 is 1.52 bits per heavy atom. The maximum absolute atomic E-state index is 6.20. The summed E-state index contributed by atoms with van der Waals surface area (Å²) in [7, 11) is 0. The fourth-order valence-electron chi connectivity index (χ4n) is 4.08. The average molecular weight is 407 g/mol. The molecule has 0 fully saturated rings. The molecule has 2 aromatic heterocycles. The van der Waals surface area contributed by atoms with Crippen LogP contribution in [0.3, 0.4) is 0 Å². The van der Waals surface area contributed by atoms with Crippen molar-refractivity contribution < 1.29 is 4.74 Å². The molecule has 0 saturated carbocycles. The molecule has 0 amide bonds. The summed E-state index contributed by atoms with van der Waals surface area (Å²) in [6.45, 7) is 8.76. The van der Waals surface area contributed by atoms with Gasteiger partial charge in [0.25, 0.3) is 0 Å². The molecule has 2 heterocycles. The van der Waals surface area contributed by atoms with Gasteiger partial charge in [0.2, 0.25) is 0 Å². The standard InChI is InChI=1S/C28H26N2O/c1-19-8-7-9-21(16-19)31-22-12-13-24-23-10-5-6-11-25(23)30(26(24)18-22)27-17-20(14-15-29-27)28(2,3)4/h5-18H,1-4H3. The van der Waals surface area contributed by atoms with E-state index in [2.05, 4.69) is 86.9 Å². The third-order valence-electron chi connectivity index (χ3n) is 5.71. The van der Waals surface area contributed by atoms with E-state index in [0.717, 1.165) is 28.4 Å². The number of pyridine rings is 1. The summed E-state index contributed by atoms with van der Waals surface area (Å²) in [4.78, 5) is 4.74. The second-order valence-electron chi connectivity index (χ2n) is 9.10. The number of benzene rings is 3. The van der Waals surface area contributed by atoms with Crippen molar-refractivity contribution in [2.45, 2.75) is 33.1 Å². The van der Waals surface area contributed by atoms with Gasteiger partial charge in [-0.25, -0.2) is 4.98 Å². The summed E-state index contributed by atoms with van der Waals surface area (Å²) in [5, 5.41) is 2.40. The largest absolute Gasteiger partial charge is 0.457 e. The minimum absolute atomic E-state index is 0.0515. The van der Waals surface area contributed by atoms with E-state index in [9.17, 15) is 0 Å². The molecule has 0 aliphatic heterocycles. The highest BCUT2D eigenvalue weighted by atomic mass is 16.5. The smallest absolute Gasteiger partial charge is 0.137 e. The quantitative estimate of drug-likeness (QED) is 0.309. The van der Waals surface area contributed by atoms with Crippen LogP contribution in [0.25, 0.3) is 27.6 Å². The predicted octanol–water partition coefficient (Wildman–Crippen LogP) is 7.58. The molecule has 0 radical (unpaired) electrons. The summed E-state index contributed by atoms with van der Waals surface area (Å²) in [5.74, 6) is 2.58. The Hall–Kier alpha value is -3.59. The third kappa shape index (κ3) is 3.57. The number of fused-ring (bicyclic) bond motifs is 3. The molecule has 0 saturated heterocycles. The van der Waals surface area contributed by atoms with Gasteiger partial charge >= 0.3 is 0 Å². The molecule has 3 nitrogen and oxygen atoms in total. The third-order valence-corrected chi connectivity index (χ3v) is 5.71. The van der Waals surface area contributed by atoms with Gasteiger partial charge in [-0.3, -0.25) is 4.57 Å². The van der Waals surface area contributed by atoms with Gasteiger partial charge in [-0.1, -0.05) is 51.1 Å². The van der Waals surface area contributed by atoms with Crippen LogP contribution in [-0.4, -0.2) is 9.55 Å². The first-order chi connectivity index (χ1) is 14.9. The molecule has 0 unspecified atom stereocenters. The zero-order valence-corrected chi connectivity index (χ0v) is 18.4. The first-order valence-electron chi connectivity index (χ1n) is 10.6. The summed E-state index contributed by atoms with van der Waals surface area (Å²) < 4.78 is 8.44. The highest BCUT2D eigenvalue weighted by molar-refractivity contribution is 6.09. The van der Waals surface area contributed by atoms with Crippen LogP contribution in [0.2, 0.25) is 0 Å². The maximum atomic E-state index is 6.20. The van der Waals surface area contributed by atoms with Crippen molar-refractivity contribution in [3.8, 4) is 17.3 Å². The fourth-order valence-corrected chi connectivity index (χ4v) is 4.08. The van der Waals surface area contributed by atoms with Crippen molar-refractivity contribution in [1.29, 1.82) is 0 Å². The second-order valence-corrected chi connectivity index (χ2v) is 9.10. The lowest BCUT2D eigenvalue weighted by Crippen LogP contribution is -2.12. The molecule has 3 aromatic carbocycles. The van der Waals surface area contributed by atoms with E-state index in [1.165, 1.54) is 21.9 Å². The van der Waals surface area contributed by atoms with Gasteiger partial charge in [0, 0.05) is 23.0 Å². The molecular formula is C28H26N2O. The van der Waals surface area contributed by atoms with E-state index >= 15 is 0 Å². The number of hydrogen-bond acceptors (Lipinski definition) is 2. The maximum Gasteiger partial charge on any atom is 0.137 e. The summed E-state index contributed by atoms with van der Waals surface area (Å²) in [6.07, 6.45) is 1.91. The van der Waals surface area contributed by atoms with E-state index in [-0.39, 0.29) is 5.41 Å². The van der Waals surface area contributed by atoms with Crippen molar-refractivity contribution in [1.82, 2.24) is 9.55 Å². The van der Waals surface area contributed by atoms with Gasteiger partial charge < -0.3 is 4.74 Å². The van der Waals surface area contributed by atoms with Crippen molar-refractivity contribution in [3.63, 3.8) is 0 Å². The van der Waals surface area contributed by atoms with Crippen LogP contribution in [0, 0.1) is 6.92 Å². The van der Waals surface area contributed by atoms with E-state index in [1.807, 2.05) is 30.5 Å². The second kappa shape index (κ2) is 7.28. The van der Waals surface area contributed by atoms with Crippen molar-refractivity contribution >= 4 is 21.8 Å². The van der Waals surface area contributed by atoms with Gasteiger partial charge in [0.05, 0.1) is 11.0 Å². The zero-order chi connectivity index (χ0) is 21.6. The molecule has 0 atom stereocenters. The van der Waals surface area contributed by atoms with Crippen LogP contribution in [0.15, 0.2) is 85.1 Å².